The van der Waals surface area contributed by atoms with Crippen molar-refractivity contribution in [3.63, 3.8) is 0 Å². The van der Waals surface area contributed by atoms with Gasteiger partial charge in [-0.05, 0) is 0 Å². The van der Waals surface area contributed by atoms with Crippen molar-refractivity contribution in [3.8, 4) is 0 Å². The van der Waals surface area contributed by atoms with Crippen LogP contribution in [-0.2, 0) is 45.4 Å². The van der Waals surface area contributed by atoms with Crippen molar-refractivity contribution in [1.29, 1.82) is 0 Å². The first-order valence-corrected chi connectivity index (χ1v) is 8.39. The van der Waals surface area contributed by atoms with Gasteiger partial charge in [0.15, 0.2) is 0 Å². The van der Waals surface area contributed by atoms with E-state index in [1.807, 2.05) is 0 Å². The van der Waals surface area contributed by atoms with Crippen molar-refractivity contribution in [2.24, 2.45) is 20.0 Å². The molecule has 0 bridgehead atoms. The second-order valence-corrected chi connectivity index (χ2v) is 4.51. The van der Waals surface area contributed by atoms with Crippen LogP contribution < -0.4 is 21.3 Å². The van der Waals surface area contributed by atoms with Crippen molar-refractivity contribution >= 4 is 84.4 Å². The molecule has 0 aromatic heterocycles. The molecular weight excluding hydrogens is 630 g/mol. The number of nitrogens with zero attached hydrogens (tertiary/aromatic N) is 4. The maximum absolute atomic E-state index is 9.97. The Balaban J connectivity index is -0.0000000467. The van der Waals surface area contributed by atoms with Gasteiger partial charge in [-0.1, -0.05) is 0 Å². The second kappa shape index (κ2) is 37.1. The van der Waals surface area contributed by atoms with E-state index in [9.17, 15) is 19.2 Å². The molecule has 0 aromatic rings. The van der Waals surface area contributed by atoms with E-state index in [0.717, 1.165) is 0 Å². The molecule has 36 heavy (non-hydrogen) atoms. The van der Waals surface area contributed by atoms with E-state index in [4.69, 9.17) is 20.4 Å². The number of carboxylic acids is 4. The Labute approximate surface area is 247 Å². The molecule has 0 amide bonds. The first-order valence-electron chi connectivity index (χ1n) is 8.39. The molecule has 0 fully saturated rings. The Hall–Kier alpha value is -2.49. The number of rotatable bonds is 0. The number of hydrogen-bond donors (Lipinski definition) is 8. The summed E-state index contributed by atoms with van der Waals surface area (Å²) < 4.78 is 0. The standard InChI is InChI=1S/4C4H8N2O2.3ClH.Zr/c4*1-5-3(6-2)4(7)8;;;;/h4*1-2H3,(H,5,6)(H,7,8);3*1H;. The van der Waals surface area contributed by atoms with Gasteiger partial charge in [-0.3, -0.25) is 20.0 Å². The van der Waals surface area contributed by atoms with Crippen LogP contribution in [0.2, 0.25) is 0 Å². The van der Waals surface area contributed by atoms with Crippen molar-refractivity contribution < 1.29 is 65.8 Å². The number of hydrogen-bond acceptors (Lipinski definition) is 8. The molecule has 0 rings (SSSR count). The molecule has 0 aromatic carbocycles. The minimum Gasteiger partial charge on any atom is -0.475 e. The van der Waals surface area contributed by atoms with Gasteiger partial charge < -0.3 is 41.7 Å². The van der Waals surface area contributed by atoms with Gasteiger partial charge in [0.2, 0.25) is 23.3 Å². The van der Waals surface area contributed by atoms with Crippen LogP contribution in [0.15, 0.2) is 20.0 Å². The average molecular weight is 665 g/mol. The summed E-state index contributed by atoms with van der Waals surface area (Å²) in [7, 11) is 11.7. The van der Waals surface area contributed by atoms with Gasteiger partial charge in [0, 0.05) is 82.6 Å². The van der Waals surface area contributed by atoms with E-state index in [0.29, 0.717) is 0 Å². The summed E-state index contributed by atoms with van der Waals surface area (Å²) in [6, 6.07) is 0. The average Bonchev–Trinajstić information content (AvgIpc) is 2.72. The van der Waals surface area contributed by atoms with Crippen LogP contribution in [0.25, 0.3) is 0 Å². The third kappa shape index (κ3) is 33.7. The third-order valence-electron chi connectivity index (χ3n) is 2.65. The first-order chi connectivity index (χ1) is 14.9. The number of halogens is 3. The molecule has 0 saturated carbocycles. The van der Waals surface area contributed by atoms with E-state index >= 15 is 0 Å². The Morgan fingerprint density at radius 3 is 0.556 bits per heavy atom. The van der Waals surface area contributed by atoms with E-state index in [-0.39, 0.29) is 86.8 Å². The van der Waals surface area contributed by atoms with Gasteiger partial charge in [0.25, 0.3) is 0 Å². The minimum atomic E-state index is -1.03. The number of aliphatic carboxylic acids is 4. The topological polar surface area (TPSA) is 247 Å². The monoisotopic (exact) mass is 662 g/mol. The van der Waals surface area contributed by atoms with Crippen molar-refractivity contribution in [1.82, 2.24) is 21.3 Å². The van der Waals surface area contributed by atoms with Gasteiger partial charge in [-0.25, -0.2) is 19.2 Å². The zero-order chi connectivity index (χ0) is 26.3. The number of nitrogens with one attached hydrogen (secondary N) is 4. The van der Waals surface area contributed by atoms with Crippen LogP contribution in [0.5, 0.6) is 0 Å². The summed E-state index contributed by atoms with van der Waals surface area (Å²) in [5, 5.41) is 42.3. The number of amidine groups is 4. The van der Waals surface area contributed by atoms with Crippen molar-refractivity contribution in [2.75, 3.05) is 56.4 Å². The smallest absolute Gasteiger partial charge is 0.371 e. The largest absolute Gasteiger partial charge is 0.475 e. The zero-order valence-corrected chi connectivity index (χ0v) is 25.8. The fourth-order valence-corrected chi connectivity index (χ4v) is 1.26. The van der Waals surface area contributed by atoms with Crippen LogP contribution in [0.3, 0.4) is 0 Å². The summed E-state index contributed by atoms with van der Waals surface area (Å²) in [5.74, 6) is -4.22. The zero-order valence-electron chi connectivity index (χ0n) is 20.9. The number of carbonyl (C=O) groups is 4. The molecule has 16 nitrogen and oxygen atoms in total. The number of aliphatic imine (C=N–C) groups is 4. The molecule has 0 aliphatic carbocycles. The molecule has 0 aliphatic heterocycles. The molecule has 0 heterocycles. The molecule has 0 unspecified atom stereocenters. The van der Waals surface area contributed by atoms with Crippen LogP contribution in [-0.4, -0.2) is 124 Å². The fourth-order valence-electron chi connectivity index (χ4n) is 1.26. The Kier molecular flexibility index (Phi) is 56.0. The SMILES string of the molecule is CN=C(NC)C(=O)O.CN=C(NC)C(=O)O.CN=C(NC)C(=O)O.CN=C(NC)C(=O)O.Cl.Cl.Cl.[Zr]. The molecule has 212 valence electrons. The molecule has 0 radical (unpaired) electrons. The van der Waals surface area contributed by atoms with Crippen LogP contribution >= 0.6 is 37.2 Å². The molecule has 20 heteroatoms. The maximum Gasteiger partial charge on any atom is 0.371 e. The van der Waals surface area contributed by atoms with E-state index < -0.39 is 23.9 Å². The van der Waals surface area contributed by atoms with Crippen LogP contribution in [0, 0.1) is 0 Å². The maximum atomic E-state index is 9.97. The van der Waals surface area contributed by atoms with E-state index in [1.165, 1.54) is 56.4 Å². The summed E-state index contributed by atoms with van der Waals surface area (Å²) >= 11 is 0. The molecular formula is C16H35Cl3N8O8Zr. The molecule has 8 N–H and O–H groups in total. The third-order valence-corrected chi connectivity index (χ3v) is 2.65. The first kappa shape index (κ1) is 54.4. The molecule has 0 spiro atoms. The van der Waals surface area contributed by atoms with Gasteiger partial charge in [-0.2, -0.15) is 0 Å². The van der Waals surface area contributed by atoms with Gasteiger partial charge in [-0.15, -0.1) is 37.2 Å². The summed E-state index contributed by atoms with van der Waals surface area (Å²) in [5.41, 5.74) is 0. The van der Waals surface area contributed by atoms with Gasteiger partial charge in [0.1, 0.15) is 0 Å². The van der Waals surface area contributed by atoms with Crippen LogP contribution in [0.4, 0.5) is 0 Å². The van der Waals surface area contributed by atoms with E-state index in [2.05, 4.69) is 41.2 Å². The second-order valence-electron chi connectivity index (χ2n) is 4.51. The molecule has 0 aliphatic rings. The Bertz CT molecular complexity index is 618. The summed E-state index contributed by atoms with van der Waals surface area (Å²) in [4.78, 5) is 53.5. The van der Waals surface area contributed by atoms with Crippen LogP contribution in [0.1, 0.15) is 0 Å². The normalized spacial score (nSPS) is 9.78. The molecule has 0 saturated heterocycles. The molecule has 0 atom stereocenters. The Morgan fingerprint density at radius 2 is 0.556 bits per heavy atom. The van der Waals surface area contributed by atoms with Gasteiger partial charge in [0.05, 0.1) is 0 Å². The van der Waals surface area contributed by atoms with Gasteiger partial charge >= 0.3 is 23.9 Å². The predicted molar refractivity (Wildman–Crippen MR) is 142 cm³/mol. The number of likely N-dealkylation sites (N-methyl/N-ethyl adjacent to an activating group) is 4. The number of carboxylic acid groups (broad SMARTS) is 4. The fraction of sp³-hybridized carbons (Fsp3) is 0.500. The Morgan fingerprint density at radius 1 is 0.444 bits per heavy atom. The van der Waals surface area contributed by atoms with Crippen molar-refractivity contribution in [2.45, 2.75) is 0 Å². The minimum absolute atomic E-state index is 0. The summed E-state index contributed by atoms with van der Waals surface area (Å²) in [6.45, 7) is 0. The quantitative estimate of drug-likeness (QED) is 0.109. The van der Waals surface area contributed by atoms with E-state index in [1.54, 1.807) is 0 Å². The predicted octanol–water partition coefficient (Wildman–Crippen LogP) is -1.46. The van der Waals surface area contributed by atoms with Crippen molar-refractivity contribution in [3.05, 3.63) is 0 Å². The summed E-state index contributed by atoms with van der Waals surface area (Å²) in [6.07, 6.45) is 0.